The summed E-state index contributed by atoms with van der Waals surface area (Å²) in [5, 5.41) is 12.3. The predicted molar refractivity (Wildman–Crippen MR) is 124 cm³/mol. The zero-order valence-corrected chi connectivity index (χ0v) is 18.4. The number of rotatable bonds is 5. The first-order chi connectivity index (χ1) is 16.1. The number of hydrogen-bond donors (Lipinski definition) is 1. The van der Waals surface area contributed by atoms with E-state index in [0.717, 1.165) is 29.6 Å². The highest BCUT2D eigenvalue weighted by Gasteiger charge is 2.27. The Morgan fingerprint density at radius 2 is 1.82 bits per heavy atom. The normalized spacial score (nSPS) is 14.5. The summed E-state index contributed by atoms with van der Waals surface area (Å²) < 4.78 is 5.32. The van der Waals surface area contributed by atoms with Crippen LogP contribution in [0.3, 0.4) is 0 Å². The maximum Gasteiger partial charge on any atom is 0.278 e. The second kappa shape index (κ2) is 8.90. The monoisotopic (exact) mass is 443 g/mol. The van der Waals surface area contributed by atoms with Crippen molar-refractivity contribution in [2.24, 2.45) is 0 Å². The molecule has 2 aromatic heterocycles. The highest BCUT2D eigenvalue weighted by molar-refractivity contribution is 6.04. The number of para-hydroxylation sites is 2. The molecule has 0 atom stereocenters. The van der Waals surface area contributed by atoms with E-state index in [9.17, 15) is 9.59 Å². The Labute approximate surface area is 191 Å². The van der Waals surface area contributed by atoms with Gasteiger partial charge in [-0.1, -0.05) is 35.5 Å². The molecule has 8 nitrogen and oxygen atoms in total. The van der Waals surface area contributed by atoms with Crippen molar-refractivity contribution in [2.75, 3.05) is 25.0 Å². The van der Waals surface area contributed by atoms with Crippen LogP contribution >= 0.6 is 0 Å². The molecule has 0 saturated carbocycles. The number of aromatic nitrogens is 3. The van der Waals surface area contributed by atoms with E-state index < -0.39 is 0 Å². The summed E-state index contributed by atoms with van der Waals surface area (Å²) in [7, 11) is 1.74. The minimum Gasteiger partial charge on any atom is -0.356 e. The molecule has 4 aromatic rings. The van der Waals surface area contributed by atoms with Gasteiger partial charge < -0.3 is 14.3 Å². The van der Waals surface area contributed by atoms with Gasteiger partial charge >= 0.3 is 0 Å². The van der Waals surface area contributed by atoms with Crippen molar-refractivity contribution in [3.05, 3.63) is 77.7 Å². The minimum atomic E-state index is -0.156. The van der Waals surface area contributed by atoms with Crippen LogP contribution in [0.1, 0.15) is 40.6 Å². The van der Waals surface area contributed by atoms with E-state index in [1.807, 2.05) is 65.6 Å². The fraction of sp³-hybridized carbons (Fsp3) is 0.280. The van der Waals surface area contributed by atoms with Crippen molar-refractivity contribution in [1.29, 1.82) is 0 Å². The predicted octanol–water partition coefficient (Wildman–Crippen LogP) is 3.78. The number of benzene rings is 2. The summed E-state index contributed by atoms with van der Waals surface area (Å²) in [5.74, 6) is 0.131. The fourth-order valence-electron chi connectivity index (χ4n) is 4.36. The van der Waals surface area contributed by atoms with Crippen molar-refractivity contribution in [3.8, 4) is 0 Å². The molecule has 5 rings (SSSR count). The van der Waals surface area contributed by atoms with Gasteiger partial charge in [0.2, 0.25) is 5.91 Å². The number of likely N-dealkylation sites (tertiary alicyclic amines) is 1. The number of carbonyl (C=O) groups is 2. The van der Waals surface area contributed by atoms with E-state index in [-0.39, 0.29) is 24.2 Å². The van der Waals surface area contributed by atoms with Crippen LogP contribution in [-0.2, 0) is 11.2 Å². The largest absolute Gasteiger partial charge is 0.356 e. The van der Waals surface area contributed by atoms with Gasteiger partial charge in [-0.25, -0.2) is 0 Å². The Balaban J connectivity index is 1.19. The minimum absolute atomic E-state index is 0.0532. The molecule has 2 aromatic carbocycles. The molecular weight excluding hydrogens is 418 g/mol. The van der Waals surface area contributed by atoms with Crippen LogP contribution in [0.4, 0.5) is 5.69 Å². The van der Waals surface area contributed by atoms with Crippen LogP contribution in [0, 0.1) is 0 Å². The summed E-state index contributed by atoms with van der Waals surface area (Å²) in [6.45, 7) is 1.32. The molecule has 8 heteroatoms. The molecule has 1 saturated heterocycles. The molecule has 1 aliphatic rings. The van der Waals surface area contributed by atoms with Gasteiger partial charge in [-0.2, -0.15) is 5.10 Å². The average molecular weight is 444 g/mol. The lowest BCUT2D eigenvalue weighted by Gasteiger charge is -2.31. The number of nitrogens with zero attached hydrogens (tertiary/aromatic N) is 4. The highest BCUT2D eigenvalue weighted by atomic mass is 16.5. The number of fused-ring (bicyclic) bond motifs is 1. The van der Waals surface area contributed by atoms with Crippen LogP contribution in [0.25, 0.3) is 11.0 Å². The lowest BCUT2D eigenvalue weighted by Crippen LogP contribution is -2.38. The Bertz CT molecular complexity index is 1270. The first-order valence-electron chi connectivity index (χ1n) is 11.1. The molecule has 0 radical (unpaired) electrons. The quantitative estimate of drug-likeness (QED) is 0.507. The smallest absolute Gasteiger partial charge is 0.278 e. The number of H-pyrrole nitrogens is 1. The Hall–Kier alpha value is -3.94. The van der Waals surface area contributed by atoms with Crippen LogP contribution < -0.4 is 4.90 Å². The summed E-state index contributed by atoms with van der Waals surface area (Å²) in [6, 6.07) is 18.9. The first-order valence-corrected chi connectivity index (χ1v) is 11.1. The first kappa shape index (κ1) is 20.9. The molecule has 1 aliphatic heterocycles. The van der Waals surface area contributed by atoms with Gasteiger partial charge in [0, 0.05) is 42.8 Å². The van der Waals surface area contributed by atoms with Crippen LogP contribution in [0.2, 0.25) is 0 Å². The van der Waals surface area contributed by atoms with Gasteiger partial charge in [-0.15, -0.1) is 0 Å². The number of aromatic amines is 1. The standard InChI is InChI=1S/C25H25N5O3/c1-29(18-7-3-2-4-8-18)25(32)22-15-20(26-27-22)17-11-13-30(14-12-17)24(31)16-21-19-9-5-6-10-23(19)33-28-21/h2-10,15,17H,11-14,16H2,1H3,(H,26,27). The van der Waals surface area contributed by atoms with E-state index in [1.165, 1.54) is 0 Å². The topological polar surface area (TPSA) is 95.3 Å². The SMILES string of the molecule is CN(C(=O)c1cc(C2CCN(C(=O)Cc3noc4ccccc34)CC2)[nH]n1)c1ccccc1. The molecular formula is C25H25N5O3. The maximum absolute atomic E-state index is 12.8. The molecule has 0 unspecified atom stereocenters. The van der Waals surface area contributed by atoms with Crippen molar-refractivity contribution < 1.29 is 14.1 Å². The van der Waals surface area contributed by atoms with Gasteiger partial charge in [0.25, 0.3) is 5.91 Å². The van der Waals surface area contributed by atoms with Gasteiger partial charge in [0.1, 0.15) is 5.69 Å². The van der Waals surface area contributed by atoms with Gasteiger partial charge in [-0.3, -0.25) is 14.7 Å². The second-order valence-electron chi connectivity index (χ2n) is 8.37. The van der Waals surface area contributed by atoms with Gasteiger partial charge in [-0.05, 0) is 43.2 Å². The molecule has 33 heavy (non-hydrogen) atoms. The fourth-order valence-corrected chi connectivity index (χ4v) is 4.36. The molecule has 168 valence electrons. The summed E-state index contributed by atoms with van der Waals surface area (Å²) in [5.41, 5.74) is 3.53. The second-order valence-corrected chi connectivity index (χ2v) is 8.37. The van der Waals surface area contributed by atoms with Gasteiger partial charge in [0.05, 0.1) is 6.42 Å². The number of nitrogens with one attached hydrogen (secondary N) is 1. The van der Waals surface area contributed by atoms with Crippen LogP contribution in [0.15, 0.2) is 65.2 Å². The molecule has 1 fully saturated rings. The van der Waals surface area contributed by atoms with E-state index in [4.69, 9.17) is 4.52 Å². The van der Waals surface area contributed by atoms with Gasteiger partial charge in [0.15, 0.2) is 11.3 Å². The molecule has 0 aliphatic carbocycles. The van der Waals surface area contributed by atoms with Crippen molar-refractivity contribution in [3.63, 3.8) is 0 Å². The summed E-state index contributed by atoms with van der Waals surface area (Å²) >= 11 is 0. The van der Waals surface area contributed by atoms with E-state index in [2.05, 4.69) is 15.4 Å². The van der Waals surface area contributed by atoms with Crippen LogP contribution in [0.5, 0.6) is 0 Å². The Morgan fingerprint density at radius 3 is 2.61 bits per heavy atom. The zero-order valence-electron chi connectivity index (χ0n) is 18.4. The molecule has 0 bridgehead atoms. The molecule has 1 N–H and O–H groups in total. The average Bonchev–Trinajstić information content (AvgIpc) is 3.52. The molecule has 0 spiro atoms. The maximum atomic E-state index is 12.8. The Morgan fingerprint density at radius 1 is 1.09 bits per heavy atom. The molecule has 3 heterocycles. The van der Waals surface area contributed by atoms with Crippen molar-refractivity contribution in [2.45, 2.75) is 25.2 Å². The lowest BCUT2D eigenvalue weighted by molar-refractivity contribution is -0.131. The highest BCUT2D eigenvalue weighted by Crippen LogP contribution is 2.28. The van der Waals surface area contributed by atoms with E-state index in [1.54, 1.807) is 11.9 Å². The number of amides is 2. The zero-order chi connectivity index (χ0) is 22.8. The van der Waals surface area contributed by atoms with Crippen molar-refractivity contribution in [1.82, 2.24) is 20.3 Å². The number of piperidine rings is 1. The Kier molecular flexibility index (Phi) is 5.64. The number of carbonyl (C=O) groups excluding carboxylic acids is 2. The molecule has 2 amide bonds. The lowest BCUT2D eigenvalue weighted by atomic mass is 9.93. The van der Waals surface area contributed by atoms with Crippen LogP contribution in [-0.4, -0.2) is 52.2 Å². The third-order valence-electron chi connectivity index (χ3n) is 6.32. The van der Waals surface area contributed by atoms with Crippen molar-refractivity contribution >= 4 is 28.5 Å². The third-order valence-corrected chi connectivity index (χ3v) is 6.32. The van der Waals surface area contributed by atoms with E-state index in [0.29, 0.717) is 30.1 Å². The number of hydrogen-bond acceptors (Lipinski definition) is 5. The third kappa shape index (κ3) is 4.24. The number of anilines is 1. The summed E-state index contributed by atoms with van der Waals surface area (Å²) in [4.78, 5) is 29.1. The van der Waals surface area contributed by atoms with E-state index >= 15 is 0 Å². The summed E-state index contributed by atoms with van der Waals surface area (Å²) in [6.07, 6.45) is 1.86.